The highest BCUT2D eigenvalue weighted by Gasteiger charge is 2.33. The number of nitrogens with two attached hydrogens (primary N) is 1. The Balaban J connectivity index is 1.89. The van der Waals surface area contributed by atoms with Gasteiger partial charge in [-0.1, -0.05) is 27.7 Å². The predicted molar refractivity (Wildman–Crippen MR) is 86.6 cm³/mol. The standard InChI is InChI=1S/C16H32N2S/c1-12-9-13(2)14(15(17)10-12)11-18-6-5-16(3,4)19-8-7-18/h12-15H,5-11,17H2,1-4H3. The minimum Gasteiger partial charge on any atom is -0.327 e. The number of nitrogens with zero attached hydrogens (tertiary/aromatic N) is 1. The highest BCUT2D eigenvalue weighted by molar-refractivity contribution is 8.00. The van der Waals surface area contributed by atoms with E-state index in [9.17, 15) is 0 Å². The second-order valence-electron chi connectivity index (χ2n) is 7.54. The Bertz CT molecular complexity index is 280. The minimum absolute atomic E-state index is 0.419. The molecule has 19 heavy (non-hydrogen) atoms. The molecule has 0 aromatic rings. The van der Waals surface area contributed by atoms with Gasteiger partial charge in [0.1, 0.15) is 0 Å². The molecule has 0 aromatic heterocycles. The number of thioether (sulfide) groups is 1. The lowest BCUT2D eigenvalue weighted by Gasteiger charge is -2.40. The van der Waals surface area contributed by atoms with Crippen LogP contribution in [-0.2, 0) is 0 Å². The van der Waals surface area contributed by atoms with Gasteiger partial charge in [-0.25, -0.2) is 0 Å². The molecule has 2 fully saturated rings. The van der Waals surface area contributed by atoms with Crippen molar-refractivity contribution >= 4 is 11.8 Å². The number of hydrogen-bond acceptors (Lipinski definition) is 3. The maximum absolute atomic E-state index is 6.44. The van der Waals surface area contributed by atoms with Crippen molar-refractivity contribution in [3.8, 4) is 0 Å². The SMILES string of the molecule is CC1CC(C)C(CN2CCSC(C)(C)CC2)C(N)C1. The largest absolute Gasteiger partial charge is 0.327 e. The zero-order chi connectivity index (χ0) is 14.0. The van der Waals surface area contributed by atoms with Crippen molar-refractivity contribution in [2.75, 3.05) is 25.4 Å². The van der Waals surface area contributed by atoms with Crippen LogP contribution in [0.15, 0.2) is 0 Å². The molecule has 0 radical (unpaired) electrons. The molecule has 0 spiro atoms. The quantitative estimate of drug-likeness (QED) is 0.844. The molecule has 0 bridgehead atoms. The van der Waals surface area contributed by atoms with E-state index in [1.807, 2.05) is 0 Å². The van der Waals surface area contributed by atoms with Crippen LogP contribution in [0.2, 0.25) is 0 Å². The van der Waals surface area contributed by atoms with E-state index >= 15 is 0 Å². The monoisotopic (exact) mass is 284 g/mol. The summed E-state index contributed by atoms with van der Waals surface area (Å²) in [5.41, 5.74) is 6.44. The fourth-order valence-electron chi connectivity index (χ4n) is 3.83. The van der Waals surface area contributed by atoms with Gasteiger partial charge in [-0.2, -0.15) is 11.8 Å². The van der Waals surface area contributed by atoms with Crippen molar-refractivity contribution < 1.29 is 0 Å². The van der Waals surface area contributed by atoms with Gasteiger partial charge in [-0.15, -0.1) is 0 Å². The Labute approximate surface area is 123 Å². The van der Waals surface area contributed by atoms with Crippen molar-refractivity contribution in [3.63, 3.8) is 0 Å². The van der Waals surface area contributed by atoms with Crippen LogP contribution < -0.4 is 5.73 Å². The van der Waals surface area contributed by atoms with E-state index < -0.39 is 0 Å². The number of hydrogen-bond donors (Lipinski definition) is 1. The lowest BCUT2D eigenvalue weighted by molar-refractivity contribution is 0.120. The Morgan fingerprint density at radius 3 is 2.63 bits per heavy atom. The summed E-state index contributed by atoms with van der Waals surface area (Å²) < 4.78 is 0.462. The van der Waals surface area contributed by atoms with E-state index in [0.717, 1.165) is 11.8 Å². The van der Waals surface area contributed by atoms with Crippen molar-refractivity contribution in [1.29, 1.82) is 0 Å². The molecule has 1 aliphatic heterocycles. The van der Waals surface area contributed by atoms with Crippen LogP contribution in [0.3, 0.4) is 0 Å². The lowest BCUT2D eigenvalue weighted by atomic mass is 9.72. The van der Waals surface area contributed by atoms with Gasteiger partial charge in [-0.05, 0) is 43.6 Å². The first-order chi connectivity index (χ1) is 8.87. The molecule has 1 saturated carbocycles. The van der Waals surface area contributed by atoms with Crippen LogP contribution in [0.5, 0.6) is 0 Å². The lowest BCUT2D eigenvalue weighted by Crippen LogP contribution is -2.47. The van der Waals surface area contributed by atoms with Crippen molar-refractivity contribution in [2.45, 2.75) is 57.7 Å². The van der Waals surface area contributed by atoms with Gasteiger partial charge < -0.3 is 10.6 Å². The number of rotatable bonds is 2. The summed E-state index contributed by atoms with van der Waals surface area (Å²) in [5.74, 6) is 3.60. The van der Waals surface area contributed by atoms with Crippen LogP contribution in [0.25, 0.3) is 0 Å². The van der Waals surface area contributed by atoms with E-state index in [4.69, 9.17) is 5.73 Å². The first kappa shape index (κ1) is 15.7. The zero-order valence-corrected chi connectivity index (χ0v) is 14.0. The van der Waals surface area contributed by atoms with Crippen molar-refractivity contribution in [3.05, 3.63) is 0 Å². The summed E-state index contributed by atoms with van der Waals surface area (Å²) in [5, 5.41) is 0. The van der Waals surface area contributed by atoms with Gasteiger partial charge in [0.2, 0.25) is 0 Å². The summed E-state index contributed by atoms with van der Waals surface area (Å²) >= 11 is 2.14. The van der Waals surface area contributed by atoms with Crippen LogP contribution in [0, 0.1) is 17.8 Å². The van der Waals surface area contributed by atoms with Gasteiger partial charge in [0.25, 0.3) is 0 Å². The van der Waals surface area contributed by atoms with E-state index in [1.54, 1.807) is 0 Å². The van der Waals surface area contributed by atoms with Gasteiger partial charge in [-0.3, -0.25) is 0 Å². The summed E-state index contributed by atoms with van der Waals surface area (Å²) in [6.45, 7) is 13.3. The van der Waals surface area contributed by atoms with Gasteiger partial charge in [0.15, 0.2) is 0 Å². The fraction of sp³-hybridized carbons (Fsp3) is 1.00. The molecule has 112 valence electrons. The van der Waals surface area contributed by atoms with Gasteiger partial charge in [0, 0.05) is 29.6 Å². The molecular weight excluding hydrogens is 252 g/mol. The van der Waals surface area contributed by atoms with Crippen LogP contribution >= 0.6 is 11.8 Å². The van der Waals surface area contributed by atoms with Crippen LogP contribution in [-0.4, -0.2) is 41.1 Å². The smallest absolute Gasteiger partial charge is 0.0116 e. The van der Waals surface area contributed by atoms with Gasteiger partial charge >= 0.3 is 0 Å². The first-order valence-corrected chi connectivity index (χ1v) is 8.98. The van der Waals surface area contributed by atoms with Crippen molar-refractivity contribution in [2.24, 2.45) is 23.5 Å². The molecular formula is C16H32N2S. The summed E-state index contributed by atoms with van der Waals surface area (Å²) in [7, 11) is 0. The molecule has 1 saturated heterocycles. The molecule has 2 aliphatic rings. The third-order valence-corrected chi connectivity index (χ3v) is 6.50. The van der Waals surface area contributed by atoms with Gasteiger partial charge in [0.05, 0.1) is 0 Å². The Kier molecular flexibility index (Phi) is 5.24. The van der Waals surface area contributed by atoms with Crippen LogP contribution in [0.1, 0.15) is 47.0 Å². The average molecular weight is 285 g/mol. The summed E-state index contributed by atoms with van der Waals surface area (Å²) in [6, 6.07) is 0.419. The normalized spacial score (nSPS) is 40.9. The molecule has 2 N–H and O–H groups in total. The Hall–Kier alpha value is 0.270. The second kappa shape index (κ2) is 6.36. The maximum atomic E-state index is 6.44. The maximum Gasteiger partial charge on any atom is 0.0116 e. The average Bonchev–Trinajstić information content (AvgIpc) is 2.45. The Morgan fingerprint density at radius 1 is 1.21 bits per heavy atom. The molecule has 1 aliphatic carbocycles. The minimum atomic E-state index is 0.419. The zero-order valence-electron chi connectivity index (χ0n) is 13.2. The summed E-state index contributed by atoms with van der Waals surface area (Å²) in [6.07, 6.45) is 3.90. The van der Waals surface area contributed by atoms with E-state index in [1.165, 1.54) is 44.6 Å². The molecule has 0 amide bonds. The molecule has 4 unspecified atom stereocenters. The predicted octanol–water partition coefficient (Wildman–Crippen LogP) is 3.21. The first-order valence-electron chi connectivity index (χ1n) is 7.99. The summed E-state index contributed by atoms with van der Waals surface area (Å²) in [4.78, 5) is 2.68. The Morgan fingerprint density at radius 2 is 1.95 bits per heavy atom. The van der Waals surface area contributed by atoms with E-state index in [0.29, 0.717) is 16.7 Å². The van der Waals surface area contributed by atoms with Crippen LogP contribution in [0.4, 0.5) is 0 Å². The molecule has 2 nitrogen and oxygen atoms in total. The highest BCUT2D eigenvalue weighted by Crippen LogP contribution is 2.35. The van der Waals surface area contributed by atoms with Crippen molar-refractivity contribution in [1.82, 2.24) is 4.90 Å². The molecule has 2 rings (SSSR count). The van der Waals surface area contributed by atoms with E-state index in [2.05, 4.69) is 44.4 Å². The fourth-order valence-corrected chi connectivity index (χ4v) is 4.96. The van der Waals surface area contributed by atoms with E-state index in [-0.39, 0.29) is 0 Å². The third-order valence-electron chi connectivity index (χ3n) is 5.13. The molecule has 4 atom stereocenters. The second-order valence-corrected chi connectivity index (χ2v) is 9.34. The third kappa shape index (κ3) is 4.37. The molecule has 0 aromatic carbocycles. The molecule has 3 heteroatoms. The molecule has 1 heterocycles. The topological polar surface area (TPSA) is 29.3 Å². The highest BCUT2D eigenvalue weighted by atomic mass is 32.2.